The summed E-state index contributed by atoms with van der Waals surface area (Å²) in [7, 11) is 0. The van der Waals surface area contributed by atoms with Gasteiger partial charge in [-0.2, -0.15) is 0 Å². The number of pyridine rings is 1. The van der Waals surface area contributed by atoms with Crippen LogP contribution in [0.15, 0.2) is 53.5 Å². The Kier molecular flexibility index (Phi) is 2.54. The van der Waals surface area contributed by atoms with Crippen molar-refractivity contribution in [3.8, 4) is 5.69 Å². The van der Waals surface area contributed by atoms with E-state index in [9.17, 15) is 9.90 Å². The maximum Gasteiger partial charge on any atom is 0.255 e. The smallest absolute Gasteiger partial charge is 0.255 e. The highest BCUT2D eigenvalue weighted by Crippen LogP contribution is 2.28. The van der Waals surface area contributed by atoms with Crippen LogP contribution in [0.1, 0.15) is 5.56 Å². The number of rotatable bonds is 2. The lowest BCUT2D eigenvalue weighted by Crippen LogP contribution is -2.47. The van der Waals surface area contributed by atoms with Gasteiger partial charge in [-0.15, -0.1) is 0 Å². The number of benzene rings is 1. The van der Waals surface area contributed by atoms with Crippen LogP contribution in [0.3, 0.4) is 0 Å². The van der Waals surface area contributed by atoms with Gasteiger partial charge in [0.05, 0.1) is 13.2 Å². The highest BCUT2D eigenvalue weighted by Gasteiger charge is 2.38. The molecule has 18 heavy (non-hydrogen) atoms. The van der Waals surface area contributed by atoms with Crippen molar-refractivity contribution in [2.75, 3.05) is 13.2 Å². The Morgan fingerprint density at radius 3 is 2.44 bits per heavy atom. The molecule has 1 N–H and O–H groups in total. The summed E-state index contributed by atoms with van der Waals surface area (Å²) >= 11 is 0. The highest BCUT2D eigenvalue weighted by molar-refractivity contribution is 5.34. The van der Waals surface area contributed by atoms with Crippen LogP contribution >= 0.6 is 0 Å². The first-order chi connectivity index (χ1) is 8.69. The quantitative estimate of drug-likeness (QED) is 0.858. The average Bonchev–Trinajstić information content (AvgIpc) is 2.37. The largest absolute Gasteiger partial charge is 0.380 e. The summed E-state index contributed by atoms with van der Waals surface area (Å²) in [5.41, 5.74) is 0.420. The Balaban J connectivity index is 2.10. The van der Waals surface area contributed by atoms with Gasteiger partial charge in [0.25, 0.3) is 5.56 Å². The molecule has 0 aliphatic carbocycles. The zero-order chi connectivity index (χ0) is 12.6. The van der Waals surface area contributed by atoms with Gasteiger partial charge in [-0.3, -0.25) is 9.36 Å². The summed E-state index contributed by atoms with van der Waals surface area (Å²) in [5.74, 6) is 0. The van der Waals surface area contributed by atoms with Crippen LogP contribution in [0, 0.1) is 0 Å². The van der Waals surface area contributed by atoms with Crippen molar-refractivity contribution in [3.63, 3.8) is 0 Å². The molecule has 0 bridgehead atoms. The van der Waals surface area contributed by atoms with E-state index in [1.54, 1.807) is 12.3 Å². The first-order valence-corrected chi connectivity index (χ1v) is 5.78. The second kappa shape index (κ2) is 4.08. The van der Waals surface area contributed by atoms with E-state index in [1.165, 1.54) is 10.6 Å². The second-order valence-corrected chi connectivity index (χ2v) is 4.49. The normalized spacial score (nSPS) is 17.2. The van der Waals surface area contributed by atoms with Crippen molar-refractivity contribution in [2.24, 2.45) is 0 Å². The first kappa shape index (κ1) is 11.2. The van der Waals surface area contributed by atoms with E-state index >= 15 is 0 Å². The van der Waals surface area contributed by atoms with Gasteiger partial charge in [0.2, 0.25) is 0 Å². The van der Waals surface area contributed by atoms with Gasteiger partial charge in [0.1, 0.15) is 5.60 Å². The molecular weight excluding hydrogens is 230 g/mol. The van der Waals surface area contributed by atoms with Crippen molar-refractivity contribution >= 4 is 0 Å². The molecule has 0 atom stereocenters. The third-order valence-electron chi connectivity index (χ3n) is 3.16. The van der Waals surface area contributed by atoms with Crippen LogP contribution in [-0.2, 0) is 10.3 Å². The van der Waals surface area contributed by atoms with Crippen molar-refractivity contribution in [3.05, 3.63) is 64.6 Å². The van der Waals surface area contributed by atoms with Crippen LogP contribution < -0.4 is 5.56 Å². The third-order valence-corrected chi connectivity index (χ3v) is 3.16. The number of hydrogen-bond acceptors (Lipinski definition) is 3. The molecule has 0 saturated carbocycles. The molecule has 2 heterocycles. The lowest BCUT2D eigenvalue weighted by Gasteiger charge is -2.36. The zero-order valence-electron chi connectivity index (χ0n) is 9.74. The fourth-order valence-electron chi connectivity index (χ4n) is 2.01. The van der Waals surface area contributed by atoms with Gasteiger partial charge in [0, 0.05) is 23.5 Å². The van der Waals surface area contributed by atoms with Gasteiger partial charge in [0.15, 0.2) is 0 Å². The van der Waals surface area contributed by atoms with Crippen molar-refractivity contribution in [1.82, 2.24) is 4.57 Å². The maximum atomic E-state index is 11.9. The minimum Gasteiger partial charge on any atom is -0.380 e. The van der Waals surface area contributed by atoms with Crippen LogP contribution in [0.25, 0.3) is 5.69 Å². The van der Waals surface area contributed by atoms with E-state index in [0.29, 0.717) is 5.56 Å². The highest BCUT2D eigenvalue weighted by atomic mass is 16.5. The fourth-order valence-corrected chi connectivity index (χ4v) is 2.01. The summed E-state index contributed by atoms with van der Waals surface area (Å²) in [6.45, 7) is 0.556. The molecule has 4 nitrogen and oxygen atoms in total. The van der Waals surface area contributed by atoms with Gasteiger partial charge in [-0.05, 0) is 18.2 Å². The Morgan fingerprint density at radius 1 is 1.11 bits per heavy atom. The van der Waals surface area contributed by atoms with E-state index < -0.39 is 5.60 Å². The van der Waals surface area contributed by atoms with Crippen LogP contribution in [0.5, 0.6) is 0 Å². The molecule has 1 aromatic heterocycles. The number of hydrogen-bond donors (Lipinski definition) is 1. The average molecular weight is 243 g/mol. The predicted octanol–water partition coefficient (Wildman–Crippen LogP) is 1.06. The Morgan fingerprint density at radius 2 is 1.83 bits per heavy atom. The van der Waals surface area contributed by atoms with E-state index in [4.69, 9.17) is 4.74 Å². The van der Waals surface area contributed by atoms with Crippen LogP contribution in [-0.4, -0.2) is 22.9 Å². The SMILES string of the molecule is O=c1ccc(C2(O)COC2)cn1-c1ccccc1. The molecule has 4 heteroatoms. The number of ether oxygens (including phenoxy) is 1. The molecule has 1 aliphatic heterocycles. The Hall–Kier alpha value is -1.91. The minimum absolute atomic E-state index is 0.117. The van der Waals surface area contributed by atoms with E-state index in [2.05, 4.69) is 0 Å². The molecule has 3 rings (SSSR count). The number of nitrogens with zero attached hydrogens (tertiary/aromatic N) is 1. The van der Waals surface area contributed by atoms with Gasteiger partial charge >= 0.3 is 0 Å². The minimum atomic E-state index is -0.954. The fraction of sp³-hybridized carbons (Fsp3) is 0.214. The first-order valence-electron chi connectivity index (χ1n) is 5.78. The predicted molar refractivity (Wildman–Crippen MR) is 66.8 cm³/mol. The molecular formula is C14H13NO3. The summed E-state index contributed by atoms with van der Waals surface area (Å²) in [4.78, 5) is 11.9. The maximum absolute atomic E-state index is 11.9. The summed E-state index contributed by atoms with van der Waals surface area (Å²) < 4.78 is 6.56. The molecule has 0 unspecified atom stereocenters. The topological polar surface area (TPSA) is 51.5 Å². The molecule has 1 aliphatic rings. The van der Waals surface area contributed by atoms with Crippen LogP contribution in [0.2, 0.25) is 0 Å². The summed E-state index contributed by atoms with van der Waals surface area (Å²) in [6, 6.07) is 12.5. The molecule has 1 aromatic carbocycles. The third kappa shape index (κ3) is 1.75. The number of aliphatic hydroxyl groups is 1. The number of para-hydroxylation sites is 1. The Bertz CT molecular complexity index is 614. The molecule has 92 valence electrons. The molecule has 0 spiro atoms. The summed E-state index contributed by atoms with van der Waals surface area (Å²) in [5, 5.41) is 10.2. The standard InChI is InChI=1S/C14H13NO3/c16-13-7-6-11(14(17)9-18-10-14)8-15(13)12-4-2-1-3-5-12/h1-8,17H,9-10H2. The van der Waals surface area contributed by atoms with Crippen molar-refractivity contribution < 1.29 is 9.84 Å². The van der Waals surface area contributed by atoms with Gasteiger partial charge in [-0.1, -0.05) is 18.2 Å². The van der Waals surface area contributed by atoms with E-state index in [-0.39, 0.29) is 18.8 Å². The lowest BCUT2D eigenvalue weighted by molar-refractivity contribution is -0.184. The molecule has 0 amide bonds. The van der Waals surface area contributed by atoms with Crippen molar-refractivity contribution in [2.45, 2.75) is 5.60 Å². The molecule has 0 radical (unpaired) electrons. The zero-order valence-corrected chi connectivity index (χ0v) is 9.74. The molecule has 2 aromatic rings. The molecule has 1 fully saturated rings. The van der Waals surface area contributed by atoms with Crippen molar-refractivity contribution in [1.29, 1.82) is 0 Å². The van der Waals surface area contributed by atoms with Gasteiger partial charge < -0.3 is 9.84 Å². The Labute approximate surface area is 104 Å². The molecule has 1 saturated heterocycles. The monoisotopic (exact) mass is 243 g/mol. The van der Waals surface area contributed by atoms with Crippen LogP contribution in [0.4, 0.5) is 0 Å². The van der Waals surface area contributed by atoms with E-state index in [1.807, 2.05) is 30.3 Å². The summed E-state index contributed by atoms with van der Waals surface area (Å²) in [6.07, 6.45) is 1.68. The lowest BCUT2D eigenvalue weighted by atomic mass is 9.93. The van der Waals surface area contributed by atoms with E-state index in [0.717, 1.165) is 5.69 Å². The second-order valence-electron chi connectivity index (χ2n) is 4.49. The van der Waals surface area contributed by atoms with Gasteiger partial charge in [-0.25, -0.2) is 0 Å². The number of aromatic nitrogens is 1.